The fourth-order valence-electron chi connectivity index (χ4n) is 6.68. The second-order valence-corrected chi connectivity index (χ2v) is 14.4. The van der Waals surface area contributed by atoms with Crippen LogP contribution >= 0.6 is 7.60 Å². The first-order valence-electron chi connectivity index (χ1n) is 15.7. The maximum Gasteiger partial charge on any atom is 0.356 e. The summed E-state index contributed by atoms with van der Waals surface area (Å²) in [6, 6.07) is 24.0. The van der Waals surface area contributed by atoms with E-state index in [0.29, 0.717) is 59.2 Å². The number of rotatable bonds is 3. The molecule has 13 heteroatoms. The van der Waals surface area contributed by atoms with Crippen LogP contribution in [0.15, 0.2) is 94.9 Å². The van der Waals surface area contributed by atoms with E-state index in [-0.39, 0.29) is 29.1 Å². The van der Waals surface area contributed by atoms with Gasteiger partial charge < -0.3 is 35.5 Å². The van der Waals surface area contributed by atoms with Crippen LogP contribution in [0.3, 0.4) is 0 Å². The molecule has 0 saturated carbocycles. The van der Waals surface area contributed by atoms with Crippen molar-refractivity contribution in [2.75, 3.05) is 28.6 Å². The molecule has 0 aromatic heterocycles. The minimum Gasteiger partial charge on any atom is -0.399 e. The number of amidine groups is 2. The van der Waals surface area contributed by atoms with Crippen LogP contribution in [0.1, 0.15) is 44.7 Å². The van der Waals surface area contributed by atoms with Crippen LogP contribution < -0.4 is 20.8 Å². The number of anilines is 3. The number of carbonyl (C=O) groups excluding carboxylic acids is 2. The van der Waals surface area contributed by atoms with Gasteiger partial charge in [0.25, 0.3) is 0 Å². The molecule has 4 aromatic rings. The van der Waals surface area contributed by atoms with Gasteiger partial charge in [0.2, 0.25) is 11.6 Å². The summed E-state index contributed by atoms with van der Waals surface area (Å²) in [5.41, 5.74) is 8.60. The van der Waals surface area contributed by atoms with Crippen LogP contribution in [-0.4, -0.2) is 67.5 Å². The van der Waals surface area contributed by atoms with Gasteiger partial charge in [0.15, 0.2) is 11.2 Å². The summed E-state index contributed by atoms with van der Waals surface area (Å²) in [6.07, 6.45) is 0.542. The number of hydrogen-bond donors (Lipinski definition) is 5. The van der Waals surface area contributed by atoms with Gasteiger partial charge in [0, 0.05) is 54.1 Å². The van der Waals surface area contributed by atoms with E-state index in [1.807, 2.05) is 49.1 Å². The predicted molar refractivity (Wildman–Crippen MR) is 188 cm³/mol. The molecule has 8 rings (SSSR count). The first-order chi connectivity index (χ1) is 23.2. The largest absolute Gasteiger partial charge is 0.399 e. The van der Waals surface area contributed by atoms with Gasteiger partial charge in [-0.2, -0.15) is 0 Å². The number of aryl methyl sites for hydroxylation is 2. The third-order valence-corrected chi connectivity index (χ3v) is 10.3. The van der Waals surface area contributed by atoms with Crippen LogP contribution in [0.2, 0.25) is 0 Å². The molecule has 4 aliphatic rings. The van der Waals surface area contributed by atoms with Gasteiger partial charge in [-0.3, -0.25) is 14.2 Å². The summed E-state index contributed by atoms with van der Waals surface area (Å²) in [6.45, 7) is 4.72. The van der Waals surface area contributed by atoms with Crippen LogP contribution in [0.4, 0.5) is 28.4 Å². The lowest BCUT2D eigenvalue weighted by atomic mass is 9.87. The van der Waals surface area contributed by atoms with E-state index in [1.165, 1.54) is 12.1 Å². The van der Waals surface area contributed by atoms with Crippen molar-refractivity contribution >= 4 is 64.6 Å². The molecule has 4 heterocycles. The number of aliphatic imine (C=N–C) groups is 2. The van der Waals surface area contributed by atoms with Crippen molar-refractivity contribution in [3.05, 3.63) is 107 Å². The SMILES string of the molecule is Cc1ccc2c(c1)C(=O)C1(O)CCN(c3ccc(N)cc3)C1=N2.Cc1ccc2c(c1)C(=O)C1(O)CCN(c3ccc(P(=O)(O)O)cc3)C1=N2. The van der Waals surface area contributed by atoms with Crippen molar-refractivity contribution in [3.8, 4) is 0 Å². The maximum atomic E-state index is 12.9. The van der Waals surface area contributed by atoms with Gasteiger partial charge in [-0.05, 0) is 86.6 Å². The predicted octanol–water partition coefficient (Wildman–Crippen LogP) is 4.11. The second-order valence-electron chi connectivity index (χ2n) is 12.7. The highest BCUT2D eigenvalue weighted by atomic mass is 31.2. The van der Waals surface area contributed by atoms with Crippen LogP contribution in [0, 0.1) is 13.8 Å². The highest BCUT2D eigenvalue weighted by Crippen LogP contribution is 2.42. The lowest BCUT2D eigenvalue weighted by Gasteiger charge is -2.29. The minimum atomic E-state index is -4.32. The van der Waals surface area contributed by atoms with E-state index in [1.54, 1.807) is 47.4 Å². The molecule has 250 valence electrons. The second kappa shape index (κ2) is 11.6. The van der Waals surface area contributed by atoms with Crippen molar-refractivity contribution in [2.45, 2.75) is 37.9 Å². The summed E-state index contributed by atoms with van der Waals surface area (Å²) >= 11 is 0. The number of fused-ring (bicyclic) bond motifs is 4. The van der Waals surface area contributed by atoms with E-state index in [9.17, 15) is 34.2 Å². The van der Waals surface area contributed by atoms with Gasteiger partial charge >= 0.3 is 7.60 Å². The van der Waals surface area contributed by atoms with Gasteiger partial charge in [0.05, 0.1) is 16.7 Å². The molecule has 2 unspecified atom stereocenters. The standard InChI is InChI=1S/C18H17N3O2.C18H17N2O5P/c1-11-2-7-15-14(10-11)16(22)18(23)8-9-21(17(18)20-15)13-5-3-12(19)4-6-13;1-11-2-7-15-14(10-11)16(21)18(22)8-9-20(17(18)19-15)12-3-5-13(6-4-12)26(23,24)25/h2-7,10,23H,8-9,19H2,1H3;2-7,10,22H,8-9H2,1H3,(H2,23,24,25). The number of nitrogens with two attached hydrogens (primary N) is 1. The molecule has 12 nitrogen and oxygen atoms in total. The molecule has 2 saturated heterocycles. The Bertz CT molecular complexity index is 2140. The van der Waals surface area contributed by atoms with E-state index in [0.717, 1.165) is 16.8 Å². The van der Waals surface area contributed by atoms with Crippen molar-refractivity contribution in [2.24, 2.45) is 9.98 Å². The van der Waals surface area contributed by atoms with Crippen molar-refractivity contribution < 1.29 is 34.2 Å². The normalized spacial score (nSPS) is 22.3. The lowest BCUT2D eigenvalue weighted by molar-refractivity contribution is 0.0600. The van der Waals surface area contributed by atoms with E-state index in [4.69, 9.17) is 5.73 Å². The summed E-state index contributed by atoms with van der Waals surface area (Å²) in [5.74, 6) is 0.0288. The fourth-order valence-corrected chi connectivity index (χ4v) is 7.22. The molecule has 0 amide bonds. The van der Waals surface area contributed by atoms with E-state index >= 15 is 0 Å². The number of hydrogen-bond acceptors (Lipinski definition) is 10. The summed E-state index contributed by atoms with van der Waals surface area (Å²) in [4.78, 5) is 56.9. The summed E-state index contributed by atoms with van der Waals surface area (Å²) in [5, 5.41) is 21.9. The quantitative estimate of drug-likeness (QED) is 0.156. The molecular formula is C36H34N5O7P. The number of nitrogens with zero attached hydrogens (tertiary/aromatic N) is 4. The van der Waals surface area contributed by atoms with Gasteiger partial charge in [-0.15, -0.1) is 0 Å². The molecule has 0 spiro atoms. The van der Waals surface area contributed by atoms with E-state index < -0.39 is 18.8 Å². The number of Topliss-reactive ketones (excluding diaryl/α,β-unsaturated/α-hetero) is 2. The Balaban J connectivity index is 0.000000155. The topological polar surface area (TPSA) is 189 Å². The van der Waals surface area contributed by atoms with Crippen LogP contribution in [-0.2, 0) is 4.57 Å². The summed E-state index contributed by atoms with van der Waals surface area (Å²) in [7, 11) is -4.32. The summed E-state index contributed by atoms with van der Waals surface area (Å²) < 4.78 is 11.3. The van der Waals surface area contributed by atoms with Gasteiger partial charge in [0.1, 0.15) is 11.7 Å². The van der Waals surface area contributed by atoms with Crippen molar-refractivity contribution in [3.63, 3.8) is 0 Å². The Morgan fingerprint density at radius 2 is 1.08 bits per heavy atom. The third kappa shape index (κ3) is 5.47. The Morgan fingerprint density at radius 1 is 0.673 bits per heavy atom. The zero-order valence-electron chi connectivity index (χ0n) is 26.7. The molecule has 0 aliphatic carbocycles. The zero-order valence-corrected chi connectivity index (χ0v) is 27.6. The fraction of sp³-hybridized carbons (Fsp3) is 0.222. The highest BCUT2D eigenvalue weighted by molar-refractivity contribution is 7.60. The number of ketones is 2. The highest BCUT2D eigenvalue weighted by Gasteiger charge is 2.53. The number of aliphatic hydroxyl groups is 2. The molecule has 0 bridgehead atoms. The molecule has 2 atom stereocenters. The molecule has 0 radical (unpaired) electrons. The maximum absolute atomic E-state index is 12.9. The Morgan fingerprint density at radius 3 is 1.49 bits per heavy atom. The Kier molecular flexibility index (Phi) is 7.70. The number of carbonyl (C=O) groups is 2. The third-order valence-electron chi connectivity index (χ3n) is 9.35. The number of nitrogen functional groups attached to an aromatic ring is 1. The van der Waals surface area contributed by atoms with Crippen LogP contribution in [0.5, 0.6) is 0 Å². The molecule has 2 fully saturated rings. The minimum absolute atomic E-state index is 0.0850. The van der Waals surface area contributed by atoms with E-state index in [2.05, 4.69) is 9.98 Å². The number of benzene rings is 4. The monoisotopic (exact) mass is 679 g/mol. The van der Waals surface area contributed by atoms with Crippen molar-refractivity contribution in [1.82, 2.24) is 0 Å². The molecular weight excluding hydrogens is 645 g/mol. The first kappa shape index (κ1) is 32.6. The van der Waals surface area contributed by atoms with Crippen molar-refractivity contribution in [1.29, 1.82) is 0 Å². The molecule has 4 aliphatic heterocycles. The Labute approximate surface area is 282 Å². The Hall–Kier alpha value is -4.97. The first-order valence-corrected chi connectivity index (χ1v) is 17.3. The van der Waals surface area contributed by atoms with Crippen LogP contribution in [0.25, 0.3) is 0 Å². The van der Waals surface area contributed by atoms with Gasteiger partial charge in [-0.25, -0.2) is 9.98 Å². The lowest BCUT2D eigenvalue weighted by Crippen LogP contribution is -2.48. The molecule has 49 heavy (non-hydrogen) atoms. The average molecular weight is 680 g/mol. The smallest absolute Gasteiger partial charge is 0.356 e. The molecule has 6 N–H and O–H groups in total. The average Bonchev–Trinajstić information content (AvgIpc) is 3.60. The molecule has 4 aromatic carbocycles. The zero-order chi connectivity index (χ0) is 34.9. The van der Waals surface area contributed by atoms with Gasteiger partial charge in [-0.1, -0.05) is 23.3 Å².